The third kappa shape index (κ3) is 6.00. The average Bonchev–Trinajstić information content (AvgIpc) is 3.86. The molecule has 1 aliphatic carbocycles. The van der Waals surface area contributed by atoms with Gasteiger partial charge < -0.3 is 14.9 Å². The summed E-state index contributed by atoms with van der Waals surface area (Å²) in [7, 11) is 0. The highest BCUT2D eigenvalue weighted by molar-refractivity contribution is 5.94. The molecule has 1 saturated carbocycles. The molecule has 0 amide bonds. The van der Waals surface area contributed by atoms with Gasteiger partial charge >= 0.3 is 5.97 Å². The molecule has 3 aliphatic rings. The minimum Gasteiger partial charge on any atom is -0.481 e. The van der Waals surface area contributed by atoms with E-state index in [-0.39, 0.29) is 17.9 Å². The molecule has 2 aliphatic heterocycles. The lowest BCUT2D eigenvalue weighted by Crippen LogP contribution is -2.41. The second-order valence-corrected chi connectivity index (χ2v) is 15.7. The zero-order valence-corrected chi connectivity index (χ0v) is 31.0. The molecular weight excluding hydrogens is 661 g/mol. The van der Waals surface area contributed by atoms with E-state index in [1.807, 2.05) is 0 Å². The van der Waals surface area contributed by atoms with Gasteiger partial charge in [0.25, 0.3) is 0 Å². The molecule has 0 spiro atoms. The van der Waals surface area contributed by atoms with Crippen molar-refractivity contribution in [2.75, 3.05) is 16.3 Å². The van der Waals surface area contributed by atoms with E-state index in [0.29, 0.717) is 18.5 Å². The van der Waals surface area contributed by atoms with Crippen molar-refractivity contribution in [1.82, 2.24) is 0 Å². The monoisotopic (exact) mass is 706 g/mol. The number of carboxylic acid groups (broad SMARTS) is 1. The molecule has 268 valence electrons. The number of fused-ring (bicyclic) bond motifs is 6. The molecule has 1 fully saturated rings. The van der Waals surface area contributed by atoms with Crippen LogP contribution in [0.1, 0.15) is 78.8 Å². The smallest absolute Gasteiger partial charge is 0.305 e. The second-order valence-electron chi connectivity index (χ2n) is 15.7. The molecule has 1 N–H and O–H groups in total. The maximum atomic E-state index is 11.8. The predicted octanol–water partition coefficient (Wildman–Crippen LogP) is 11.9. The fraction of sp³-hybridized carbons (Fsp3) is 0.220. The Balaban J connectivity index is 1.02. The molecule has 0 aromatic heterocycles. The van der Waals surface area contributed by atoms with Crippen LogP contribution in [0, 0.1) is 0 Å². The number of carboxylic acids is 1. The van der Waals surface area contributed by atoms with Crippen molar-refractivity contribution in [3.8, 4) is 0 Å². The fourth-order valence-electron chi connectivity index (χ4n) is 9.67. The summed E-state index contributed by atoms with van der Waals surface area (Å²) in [5.41, 5.74) is 12.3. The largest absolute Gasteiger partial charge is 0.481 e. The number of hydrogen-bond donors (Lipinski definition) is 1. The third-order valence-corrected chi connectivity index (χ3v) is 12.1. The van der Waals surface area contributed by atoms with Crippen molar-refractivity contribution in [2.45, 2.75) is 62.9 Å². The third-order valence-electron chi connectivity index (χ3n) is 12.1. The van der Waals surface area contributed by atoms with E-state index in [9.17, 15) is 9.90 Å². The van der Waals surface area contributed by atoms with E-state index in [0.717, 1.165) is 5.69 Å². The molecule has 0 bridgehead atoms. The maximum Gasteiger partial charge on any atom is 0.305 e. The van der Waals surface area contributed by atoms with E-state index < -0.39 is 5.97 Å². The molecule has 9 rings (SSSR count). The van der Waals surface area contributed by atoms with Crippen LogP contribution in [0.3, 0.4) is 0 Å². The Hall–Kier alpha value is -5.87. The molecular formula is C50H46N2O2. The zero-order valence-electron chi connectivity index (χ0n) is 31.0. The van der Waals surface area contributed by atoms with Crippen molar-refractivity contribution in [3.05, 3.63) is 179 Å². The van der Waals surface area contributed by atoms with Gasteiger partial charge in [-0.2, -0.15) is 0 Å². The quantitative estimate of drug-likeness (QED) is 0.152. The van der Waals surface area contributed by atoms with Crippen LogP contribution in [0.4, 0.5) is 17.1 Å². The highest BCUT2D eigenvalue weighted by Crippen LogP contribution is 2.53. The van der Waals surface area contributed by atoms with Gasteiger partial charge in [0.05, 0.1) is 12.5 Å². The van der Waals surface area contributed by atoms with Gasteiger partial charge in [0, 0.05) is 41.0 Å². The molecule has 4 nitrogen and oxygen atoms in total. The first-order valence-electron chi connectivity index (χ1n) is 19.4. The van der Waals surface area contributed by atoms with Crippen LogP contribution in [0.5, 0.6) is 0 Å². The molecule has 3 unspecified atom stereocenters. The predicted molar refractivity (Wildman–Crippen MR) is 225 cm³/mol. The fourth-order valence-corrected chi connectivity index (χ4v) is 9.67. The maximum absolute atomic E-state index is 11.8. The van der Waals surface area contributed by atoms with Crippen LogP contribution in [-0.4, -0.2) is 29.7 Å². The van der Waals surface area contributed by atoms with E-state index in [1.165, 1.54) is 80.4 Å². The SMILES string of the molecule is CC1(C)c2c(ccc3ccccc23)N(CCC(=O)O)C1/C=C/c1ccc2c(c1)C1CCCC1N2c1ccc(C=C(c2ccccc2)c2ccccc2)cc1. The molecule has 6 aromatic carbocycles. The van der Waals surface area contributed by atoms with Crippen LogP contribution in [0.2, 0.25) is 0 Å². The van der Waals surface area contributed by atoms with Gasteiger partial charge in [-0.3, -0.25) is 4.79 Å². The Labute approximate surface area is 318 Å². The molecule has 2 heterocycles. The van der Waals surface area contributed by atoms with Gasteiger partial charge in [-0.1, -0.05) is 142 Å². The normalized spacial score (nSPS) is 19.6. The highest BCUT2D eigenvalue weighted by atomic mass is 16.4. The van der Waals surface area contributed by atoms with Gasteiger partial charge in [0.1, 0.15) is 0 Å². The summed E-state index contributed by atoms with van der Waals surface area (Å²) >= 11 is 0. The summed E-state index contributed by atoms with van der Waals surface area (Å²) in [5.74, 6) is -0.254. The standard InChI is InChI=1S/C50H46N2O2/c1-50(2)47(51(31-30-48(53)54)46-28-24-38-16-9-10-17-40(38)49(46)50)29-23-35-22-27-45-43(33-35)41-18-11-19-44(41)52(45)39-25-20-34(21-26-39)32-42(36-12-5-3-6-13-36)37-14-7-4-8-15-37/h3-10,12-17,20-29,32-33,41,44,47H,11,18-19,30-31H2,1-2H3,(H,53,54)/b29-23+. The van der Waals surface area contributed by atoms with Crippen molar-refractivity contribution in [2.24, 2.45) is 0 Å². The number of hydrogen-bond acceptors (Lipinski definition) is 3. The van der Waals surface area contributed by atoms with Gasteiger partial charge in [-0.25, -0.2) is 0 Å². The van der Waals surface area contributed by atoms with Gasteiger partial charge in [0.15, 0.2) is 0 Å². The first kappa shape index (κ1) is 33.9. The molecule has 4 heteroatoms. The lowest BCUT2D eigenvalue weighted by atomic mass is 9.78. The Kier molecular flexibility index (Phi) is 8.70. The van der Waals surface area contributed by atoms with Crippen LogP contribution in [0.15, 0.2) is 146 Å². The first-order valence-corrected chi connectivity index (χ1v) is 19.4. The Morgan fingerprint density at radius 3 is 2.15 bits per heavy atom. The van der Waals surface area contributed by atoms with Crippen molar-refractivity contribution in [3.63, 3.8) is 0 Å². The lowest BCUT2D eigenvalue weighted by molar-refractivity contribution is -0.136. The van der Waals surface area contributed by atoms with E-state index in [2.05, 4.69) is 181 Å². The number of rotatable bonds is 9. The summed E-state index contributed by atoms with van der Waals surface area (Å²) in [6, 6.07) is 50.8. The summed E-state index contributed by atoms with van der Waals surface area (Å²) in [5, 5.41) is 12.1. The summed E-state index contributed by atoms with van der Waals surface area (Å²) in [6.45, 7) is 5.09. The zero-order chi connectivity index (χ0) is 36.8. The molecule has 3 atom stereocenters. The average molecular weight is 707 g/mol. The number of aliphatic carboxylic acids is 1. The van der Waals surface area contributed by atoms with Gasteiger partial charge in [0.2, 0.25) is 0 Å². The number of anilines is 3. The number of benzene rings is 6. The Morgan fingerprint density at radius 2 is 1.43 bits per heavy atom. The van der Waals surface area contributed by atoms with Crippen molar-refractivity contribution >= 4 is 51.5 Å². The molecule has 6 aromatic rings. The van der Waals surface area contributed by atoms with Gasteiger partial charge in [-0.15, -0.1) is 0 Å². The second kappa shape index (κ2) is 13.8. The summed E-state index contributed by atoms with van der Waals surface area (Å²) in [6.07, 6.45) is 10.6. The lowest BCUT2D eigenvalue weighted by Gasteiger charge is -2.32. The van der Waals surface area contributed by atoms with E-state index in [4.69, 9.17) is 0 Å². The van der Waals surface area contributed by atoms with E-state index >= 15 is 0 Å². The van der Waals surface area contributed by atoms with Gasteiger partial charge in [-0.05, 0) is 99.0 Å². The Morgan fingerprint density at radius 1 is 0.759 bits per heavy atom. The summed E-state index contributed by atoms with van der Waals surface area (Å²) < 4.78 is 0. The molecule has 54 heavy (non-hydrogen) atoms. The number of carbonyl (C=O) groups is 1. The minimum absolute atomic E-state index is 0.0264. The summed E-state index contributed by atoms with van der Waals surface area (Å²) in [4.78, 5) is 16.7. The van der Waals surface area contributed by atoms with Crippen LogP contribution >= 0.6 is 0 Å². The van der Waals surface area contributed by atoms with Crippen LogP contribution in [-0.2, 0) is 10.2 Å². The molecule has 0 radical (unpaired) electrons. The Bertz CT molecular complexity index is 2350. The van der Waals surface area contributed by atoms with Crippen molar-refractivity contribution in [1.29, 1.82) is 0 Å². The topological polar surface area (TPSA) is 43.8 Å². The van der Waals surface area contributed by atoms with Crippen LogP contribution < -0.4 is 9.80 Å². The highest BCUT2D eigenvalue weighted by Gasteiger charge is 2.45. The van der Waals surface area contributed by atoms with E-state index in [1.54, 1.807) is 0 Å². The van der Waals surface area contributed by atoms with Crippen LogP contribution in [0.25, 0.3) is 28.5 Å². The van der Waals surface area contributed by atoms with Crippen molar-refractivity contribution < 1.29 is 9.90 Å². The number of nitrogens with zero attached hydrogens (tertiary/aromatic N) is 2. The minimum atomic E-state index is -0.769. The first-order chi connectivity index (χ1) is 26.4. The molecule has 0 saturated heterocycles.